The first-order valence-electron chi connectivity index (χ1n) is 10.4. The first-order valence-corrected chi connectivity index (χ1v) is 10.7. The number of nitrogens with zero attached hydrogens (tertiary/aromatic N) is 1. The second-order valence-electron chi connectivity index (χ2n) is 7.63. The molecule has 2 aromatic carbocycles. The lowest BCUT2D eigenvalue weighted by Crippen LogP contribution is -2.54. The van der Waals surface area contributed by atoms with Crippen molar-refractivity contribution in [2.24, 2.45) is 5.92 Å². The summed E-state index contributed by atoms with van der Waals surface area (Å²) in [7, 11) is 0. The molecule has 0 saturated carbocycles. The van der Waals surface area contributed by atoms with Gasteiger partial charge in [0.2, 0.25) is 0 Å². The van der Waals surface area contributed by atoms with Crippen LogP contribution in [0.3, 0.4) is 0 Å². The summed E-state index contributed by atoms with van der Waals surface area (Å²) in [5.74, 6) is -2.71. The largest absolute Gasteiger partial charge is 0.488 e. The number of carbonyl (C=O) groups is 3. The fourth-order valence-corrected chi connectivity index (χ4v) is 2.76. The van der Waals surface area contributed by atoms with Gasteiger partial charge in [-0.05, 0) is 43.7 Å². The van der Waals surface area contributed by atoms with Crippen molar-refractivity contribution in [1.82, 2.24) is 21.2 Å². The summed E-state index contributed by atoms with van der Waals surface area (Å²) in [5.41, 5.74) is 8.16. The first kappa shape index (κ1) is 26.7. The lowest BCUT2D eigenvalue weighted by atomic mass is 10.2. The van der Waals surface area contributed by atoms with Crippen molar-refractivity contribution in [1.29, 1.82) is 0 Å². The zero-order valence-electron chi connectivity index (χ0n) is 18.9. The molecule has 0 aromatic heterocycles. The van der Waals surface area contributed by atoms with Gasteiger partial charge in [0.05, 0.1) is 17.7 Å². The molecular formula is C22H27ClFN5O5. The third-order valence-electron chi connectivity index (χ3n) is 4.40. The summed E-state index contributed by atoms with van der Waals surface area (Å²) in [6, 6.07) is 9.08. The van der Waals surface area contributed by atoms with Crippen molar-refractivity contribution in [3.8, 4) is 5.75 Å². The molecule has 0 spiro atoms. The standard InChI is InChI=1S/C22H27ClFN5O5/c1-13(2)34-19-9-8-17(10-18(19)24)26-28-27-22(33)29(12-14(3)20(30)31)21(32)25-11-15-4-6-16(23)7-5-15/h4-10,13-14,26,28H,11-12H2,1-3H3,(H,25,32)(H,27,33)(H,30,31)/t14-/m1/s1. The van der Waals surface area contributed by atoms with E-state index in [0.717, 1.165) is 11.6 Å². The molecule has 184 valence electrons. The van der Waals surface area contributed by atoms with Crippen LogP contribution in [0.25, 0.3) is 0 Å². The zero-order valence-corrected chi connectivity index (χ0v) is 19.6. The number of carboxylic acids is 1. The van der Waals surface area contributed by atoms with Gasteiger partial charge < -0.3 is 20.6 Å². The molecule has 0 unspecified atom stereocenters. The number of hydrazine groups is 2. The topological polar surface area (TPSA) is 132 Å². The van der Waals surface area contributed by atoms with Gasteiger partial charge in [0.1, 0.15) is 0 Å². The van der Waals surface area contributed by atoms with Gasteiger partial charge in [-0.3, -0.25) is 10.2 Å². The van der Waals surface area contributed by atoms with Gasteiger partial charge in [-0.25, -0.2) is 18.9 Å². The normalized spacial score (nSPS) is 11.5. The average molecular weight is 496 g/mol. The van der Waals surface area contributed by atoms with E-state index in [1.54, 1.807) is 38.1 Å². The number of carboxylic acid groups (broad SMARTS) is 1. The van der Waals surface area contributed by atoms with Crippen molar-refractivity contribution in [3.05, 3.63) is 58.9 Å². The van der Waals surface area contributed by atoms with Crippen molar-refractivity contribution < 1.29 is 28.6 Å². The van der Waals surface area contributed by atoms with Crippen molar-refractivity contribution in [2.75, 3.05) is 12.0 Å². The number of halogens is 2. The number of amides is 4. The summed E-state index contributed by atoms with van der Waals surface area (Å²) < 4.78 is 19.4. The SMILES string of the molecule is CC(C)Oc1ccc(NNNC(=O)N(C[C@@H](C)C(=O)O)C(=O)NCc2ccc(Cl)cc2)cc1F. The Morgan fingerprint density at radius 1 is 1.09 bits per heavy atom. The molecule has 5 N–H and O–H groups in total. The maximum Gasteiger partial charge on any atom is 0.341 e. The summed E-state index contributed by atoms with van der Waals surface area (Å²) in [5, 5.41) is 12.3. The smallest absolute Gasteiger partial charge is 0.341 e. The third kappa shape index (κ3) is 8.41. The van der Waals surface area contributed by atoms with E-state index >= 15 is 0 Å². The number of hydrogen-bond donors (Lipinski definition) is 5. The van der Waals surface area contributed by atoms with Crippen molar-refractivity contribution >= 4 is 35.3 Å². The molecule has 0 radical (unpaired) electrons. The van der Waals surface area contributed by atoms with Gasteiger partial charge in [0.25, 0.3) is 0 Å². The van der Waals surface area contributed by atoms with Crippen LogP contribution in [0.5, 0.6) is 5.75 Å². The minimum absolute atomic E-state index is 0.0794. The number of ether oxygens (including phenoxy) is 1. The van der Waals surface area contributed by atoms with E-state index in [2.05, 4.69) is 21.7 Å². The zero-order chi connectivity index (χ0) is 25.3. The van der Waals surface area contributed by atoms with E-state index in [1.165, 1.54) is 19.1 Å². The minimum atomic E-state index is -1.17. The van der Waals surface area contributed by atoms with Crippen LogP contribution in [0.1, 0.15) is 26.3 Å². The van der Waals surface area contributed by atoms with E-state index in [1.807, 2.05) is 0 Å². The van der Waals surface area contributed by atoms with Gasteiger partial charge in [0, 0.05) is 24.2 Å². The Labute approximate surface area is 201 Å². The minimum Gasteiger partial charge on any atom is -0.488 e. The molecule has 2 rings (SSSR count). The van der Waals surface area contributed by atoms with E-state index in [4.69, 9.17) is 16.3 Å². The summed E-state index contributed by atoms with van der Waals surface area (Å²) in [6.45, 7) is 4.61. The third-order valence-corrected chi connectivity index (χ3v) is 4.65. The number of hydrogen-bond acceptors (Lipinski definition) is 6. The second-order valence-corrected chi connectivity index (χ2v) is 8.06. The molecule has 0 heterocycles. The van der Waals surface area contributed by atoms with Crippen LogP contribution >= 0.6 is 11.6 Å². The number of benzene rings is 2. The Kier molecular flexibility index (Phi) is 9.90. The van der Waals surface area contributed by atoms with Gasteiger partial charge in [0.15, 0.2) is 11.6 Å². The molecule has 4 amide bonds. The summed E-state index contributed by atoms with van der Waals surface area (Å²) >= 11 is 5.84. The highest BCUT2D eigenvalue weighted by atomic mass is 35.5. The van der Waals surface area contributed by atoms with E-state index in [9.17, 15) is 23.9 Å². The molecular weight excluding hydrogens is 469 g/mol. The van der Waals surface area contributed by atoms with Gasteiger partial charge in [-0.2, -0.15) is 0 Å². The van der Waals surface area contributed by atoms with Gasteiger partial charge in [-0.15, -0.1) is 5.53 Å². The maximum absolute atomic E-state index is 14.1. The second kappa shape index (κ2) is 12.6. The number of carbonyl (C=O) groups excluding carboxylic acids is 2. The summed E-state index contributed by atoms with van der Waals surface area (Å²) in [4.78, 5) is 37.1. The number of aliphatic carboxylic acids is 1. The number of anilines is 1. The van der Waals surface area contributed by atoms with Crippen LogP contribution in [-0.4, -0.2) is 40.7 Å². The van der Waals surface area contributed by atoms with Crippen molar-refractivity contribution in [3.63, 3.8) is 0 Å². The molecule has 0 aliphatic heterocycles. The van der Waals surface area contributed by atoms with Crippen LogP contribution in [0, 0.1) is 11.7 Å². The van der Waals surface area contributed by atoms with Crippen LogP contribution in [-0.2, 0) is 11.3 Å². The number of urea groups is 2. The van der Waals surface area contributed by atoms with Crippen LogP contribution < -0.4 is 26.4 Å². The Morgan fingerprint density at radius 2 is 1.76 bits per heavy atom. The van der Waals surface area contributed by atoms with Crippen LogP contribution in [0.15, 0.2) is 42.5 Å². The van der Waals surface area contributed by atoms with Crippen molar-refractivity contribution in [2.45, 2.75) is 33.4 Å². The van der Waals surface area contributed by atoms with E-state index in [-0.39, 0.29) is 30.6 Å². The molecule has 10 nitrogen and oxygen atoms in total. The van der Waals surface area contributed by atoms with Crippen LogP contribution in [0.2, 0.25) is 5.02 Å². The molecule has 1 atom stereocenters. The number of imide groups is 1. The maximum atomic E-state index is 14.1. The predicted octanol–water partition coefficient (Wildman–Crippen LogP) is 3.74. The highest BCUT2D eigenvalue weighted by Gasteiger charge is 2.26. The Hall–Kier alpha value is -3.57. The monoisotopic (exact) mass is 495 g/mol. The molecule has 0 fully saturated rings. The molecule has 34 heavy (non-hydrogen) atoms. The number of rotatable bonds is 10. The molecule has 0 aliphatic rings. The fourth-order valence-electron chi connectivity index (χ4n) is 2.64. The Morgan fingerprint density at radius 3 is 2.35 bits per heavy atom. The first-order chi connectivity index (χ1) is 16.1. The fraction of sp³-hybridized carbons (Fsp3) is 0.318. The lowest BCUT2D eigenvalue weighted by Gasteiger charge is -2.24. The highest BCUT2D eigenvalue weighted by molar-refractivity contribution is 6.30. The van der Waals surface area contributed by atoms with Gasteiger partial charge >= 0.3 is 18.0 Å². The Bertz CT molecular complexity index is 1010. The quantitative estimate of drug-likeness (QED) is 0.317. The summed E-state index contributed by atoms with van der Waals surface area (Å²) in [6.07, 6.45) is -0.198. The van der Waals surface area contributed by atoms with Crippen LogP contribution in [0.4, 0.5) is 19.7 Å². The molecule has 2 aromatic rings. The van der Waals surface area contributed by atoms with Gasteiger partial charge in [-0.1, -0.05) is 30.7 Å². The lowest BCUT2D eigenvalue weighted by molar-refractivity contribution is -0.141. The number of nitrogens with one attached hydrogen (secondary N) is 4. The van der Waals surface area contributed by atoms with E-state index in [0.29, 0.717) is 9.92 Å². The van der Waals surface area contributed by atoms with E-state index < -0.39 is 29.8 Å². The highest BCUT2D eigenvalue weighted by Crippen LogP contribution is 2.21. The Balaban J connectivity index is 1.97. The molecule has 0 bridgehead atoms. The molecule has 0 saturated heterocycles. The molecule has 12 heteroatoms. The molecule has 0 aliphatic carbocycles. The average Bonchev–Trinajstić information content (AvgIpc) is 2.78. The predicted molar refractivity (Wildman–Crippen MR) is 125 cm³/mol.